The maximum Gasteiger partial charge on any atom is 0.223 e. The Morgan fingerprint density at radius 2 is 1.78 bits per heavy atom. The van der Waals surface area contributed by atoms with Crippen molar-refractivity contribution in [2.45, 2.75) is 24.8 Å². The zero-order valence-electron chi connectivity index (χ0n) is 12.8. The van der Waals surface area contributed by atoms with Gasteiger partial charge in [0.1, 0.15) is 0 Å². The number of nitrogens with one attached hydrogen (secondary N) is 1. The van der Waals surface area contributed by atoms with Crippen molar-refractivity contribution in [1.82, 2.24) is 9.88 Å². The van der Waals surface area contributed by atoms with E-state index in [0.29, 0.717) is 12.3 Å². The monoisotopic (exact) mass is 302 g/mol. The van der Waals surface area contributed by atoms with Crippen molar-refractivity contribution in [3.05, 3.63) is 71.4 Å². The largest absolute Gasteiger partial charge is 0.356 e. The molecule has 0 unspecified atom stereocenters. The van der Waals surface area contributed by atoms with Gasteiger partial charge in [-0.2, -0.15) is 0 Å². The summed E-state index contributed by atoms with van der Waals surface area (Å²) >= 11 is 0. The van der Waals surface area contributed by atoms with E-state index in [2.05, 4.69) is 58.4 Å². The highest BCUT2D eigenvalue weighted by Crippen LogP contribution is 2.47. The van der Waals surface area contributed by atoms with Crippen molar-refractivity contribution >= 4 is 16.8 Å². The molecule has 0 aliphatic carbocycles. The number of hydrogen-bond donors (Lipinski definition) is 1. The molecule has 23 heavy (non-hydrogen) atoms. The molecule has 5 rings (SSSR count). The highest BCUT2D eigenvalue weighted by Gasteiger charge is 2.42. The van der Waals surface area contributed by atoms with Crippen LogP contribution in [-0.2, 0) is 4.79 Å². The van der Waals surface area contributed by atoms with Gasteiger partial charge in [-0.25, -0.2) is 0 Å². The Kier molecular flexibility index (Phi) is 2.66. The van der Waals surface area contributed by atoms with Gasteiger partial charge in [-0.15, -0.1) is 0 Å². The Bertz CT molecular complexity index is 896. The molecule has 2 aromatic carbocycles. The SMILES string of the molecule is O=C1CC[C@@H]2c3[nH]c4ccccc4c3[C@@H](c3ccccc3)CN12. The van der Waals surface area contributed by atoms with Crippen molar-refractivity contribution in [1.29, 1.82) is 0 Å². The van der Waals surface area contributed by atoms with Crippen LogP contribution in [0.3, 0.4) is 0 Å². The second-order valence-corrected chi connectivity index (χ2v) is 6.56. The Labute approximate surface area is 134 Å². The van der Waals surface area contributed by atoms with E-state index < -0.39 is 0 Å². The standard InChI is InChI=1S/C20H18N2O/c23-18-11-10-17-20-19(14-8-4-5-9-16(14)21-20)15(12-22(17)18)13-6-2-1-3-7-13/h1-9,15,17,21H,10-12H2/t15-,17-/m1/s1. The number of benzene rings is 2. The Morgan fingerprint density at radius 3 is 2.65 bits per heavy atom. The summed E-state index contributed by atoms with van der Waals surface area (Å²) in [6.45, 7) is 0.794. The smallest absolute Gasteiger partial charge is 0.223 e. The first kappa shape index (κ1) is 12.9. The zero-order valence-corrected chi connectivity index (χ0v) is 12.8. The number of amides is 1. The molecule has 2 aliphatic rings. The van der Waals surface area contributed by atoms with Crippen molar-refractivity contribution in [3.8, 4) is 0 Å². The van der Waals surface area contributed by atoms with Gasteiger partial charge in [-0.1, -0.05) is 48.5 Å². The highest BCUT2D eigenvalue weighted by molar-refractivity contribution is 5.88. The van der Waals surface area contributed by atoms with Gasteiger partial charge in [0.25, 0.3) is 0 Å². The normalized spacial score (nSPS) is 23.1. The molecule has 3 heteroatoms. The molecule has 2 aliphatic heterocycles. The van der Waals surface area contributed by atoms with Crippen molar-refractivity contribution in [2.24, 2.45) is 0 Å². The molecule has 114 valence electrons. The summed E-state index contributed by atoms with van der Waals surface area (Å²) in [4.78, 5) is 18.0. The number of para-hydroxylation sites is 1. The summed E-state index contributed by atoms with van der Waals surface area (Å²) in [5, 5.41) is 1.30. The van der Waals surface area contributed by atoms with E-state index in [0.717, 1.165) is 13.0 Å². The van der Waals surface area contributed by atoms with Crippen molar-refractivity contribution in [2.75, 3.05) is 6.54 Å². The summed E-state index contributed by atoms with van der Waals surface area (Å²) < 4.78 is 0. The molecular formula is C20H18N2O. The van der Waals surface area contributed by atoms with Gasteiger partial charge < -0.3 is 9.88 Å². The zero-order chi connectivity index (χ0) is 15.4. The van der Waals surface area contributed by atoms with Gasteiger partial charge in [0, 0.05) is 35.5 Å². The minimum absolute atomic E-state index is 0.227. The second-order valence-electron chi connectivity index (χ2n) is 6.56. The molecule has 1 N–H and O–H groups in total. The fourth-order valence-electron chi connectivity index (χ4n) is 4.33. The lowest BCUT2D eigenvalue weighted by molar-refractivity contribution is -0.129. The van der Waals surface area contributed by atoms with Crippen LogP contribution in [-0.4, -0.2) is 22.3 Å². The molecule has 0 spiro atoms. The summed E-state index contributed by atoms with van der Waals surface area (Å²) in [5.41, 5.74) is 5.11. The van der Waals surface area contributed by atoms with Gasteiger partial charge in [0.15, 0.2) is 0 Å². The Morgan fingerprint density at radius 1 is 1.00 bits per heavy atom. The van der Waals surface area contributed by atoms with Crippen LogP contribution in [0.1, 0.15) is 41.6 Å². The van der Waals surface area contributed by atoms with Crippen LogP contribution < -0.4 is 0 Å². The number of nitrogens with zero attached hydrogens (tertiary/aromatic N) is 1. The molecule has 1 saturated heterocycles. The number of rotatable bonds is 1. The van der Waals surface area contributed by atoms with E-state index in [9.17, 15) is 4.79 Å². The summed E-state index contributed by atoms with van der Waals surface area (Å²) in [6, 6.07) is 19.3. The summed E-state index contributed by atoms with van der Waals surface area (Å²) in [6.07, 6.45) is 1.60. The van der Waals surface area contributed by atoms with Crippen LogP contribution in [0.5, 0.6) is 0 Å². The third-order valence-electron chi connectivity index (χ3n) is 5.37. The molecule has 0 bridgehead atoms. The van der Waals surface area contributed by atoms with Gasteiger partial charge in [0.05, 0.1) is 6.04 Å². The van der Waals surface area contributed by atoms with E-state index in [4.69, 9.17) is 0 Å². The van der Waals surface area contributed by atoms with E-state index in [1.807, 2.05) is 6.07 Å². The lowest BCUT2D eigenvalue weighted by Crippen LogP contribution is -2.37. The van der Waals surface area contributed by atoms with Crippen LogP contribution in [0.4, 0.5) is 0 Å². The van der Waals surface area contributed by atoms with E-state index in [-0.39, 0.29) is 12.0 Å². The third kappa shape index (κ3) is 1.79. The number of H-pyrrole nitrogens is 1. The molecule has 1 aromatic heterocycles. The fraction of sp³-hybridized carbons (Fsp3) is 0.250. The van der Waals surface area contributed by atoms with Crippen LogP contribution in [0.15, 0.2) is 54.6 Å². The fourth-order valence-corrected chi connectivity index (χ4v) is 4.33. The minimum Gasteiger partial charge on any atom is -0.356 e. The Hall–Kier alpha value is -2.55. The lowest BCUT2D eigenvalue weighted by atomic mass is 9.84. The van der Waals surface area contributed by atoms with E-state index in [1.165, 1.54) is 27.7 Å². The van der Waals surface area contributed by atoms with Gasteiger partial charge in [-0.3, -0.25) is 4.79 Å². The van der Waals surface area contributed by atoms with Crippen LogP contribution in [0.2, 0.25) is 0 Å². The third-order valence-corrected chi connectivity index (χ3v) is 5.37. The van der Waals surface area contributed by atoms with Crippen LogP contribution in [0, 0.1) is 0 Å². The number of aromatic nitrogens is 1. The summed E-state index contributed by atoms with van der Waals surface area (Å²) in [7, 11) is 0. The maximum absolute atomic E-state index is 12.3. The molecule has 3 heterocycles. The second kappa shape index (κ2) is 4.72. The number of fused-ring (bicyclic) bond motifs is 5. The molecule has 3 aromatic rings. The number of hydrogen-bond acceptors (Lipinski definition) is 1. The van der Waals surface area contributed by atoms with Gasteiger partial charge >= 0.3 is 0 Å². The minimum atomic E-state index is 0.227. The average Bonchev–Trinajstić information content (AvgIpc) is 3.16. The van der Waals surface area contributed by atoms with Crippen molar-refractivity contribution in [3.63, 3.8) is 0 Å². The highest BCUT2D eigenvalue weighted by atomic mass is 16.2. The Balaban J connectivity index is 1.78. The first-order valence-electron chi connectivity index (χ1n) is 8.28. The lowest BCUT2D eigenvalue weighted by Gasteiger charge is -2.35. The molecule has 1 amide bonds. The van der Waals surface area contributed by atoms with Gasteiger partial charge in [0.2, 0.25) is 5.91 Å². The first-order valence-corrected chi connectivity index (χ1v) is 8.28. The first-order chi connectivity index (χ1) is 11.3. The van der Waals surface area contributed by atoms with Gasteiger partial charge in [-0.05, 0) is 23.6 Å². The number of carbonyl (C=O) groups excluding carboxylic acids is 1. The quantitative estimate of drug-likeness (QED) is 0.725. The molecular weight excluding hydrogens is 284 g/mol. The average molecular weight is 302 g/mol. The van der Waals surface area contributed by atoms with Crippen LogP contribution in [0.25, 0.3) is 10.9 Å². The summed E-state index contributed by atoms with van der Waals surface area (Å²) in [5.74, 6) is 0.542. The maximum atomic E-state index is 12.3. The topological polar surface area (TPSA) is 36.1 Å². The molecule has 3 nitrogen and oxygen atoms in total. The molecule has 0 saturated carbocycles. The number of carbonyl (C=O) groups is 1. The molecule has 1 fully saturated rings. The molecule has 2 atom stereocenters. The van der Waals surface area contributed by atoms with Crippen LogP contribution >= 0.6 is 0 Å². The number of aromatic amines is 1. The van der Waals surface area contributed by atoms with E-state index in [1.54, 1.807) is 0 Å². The predicted octanol–water partition coefficient (Wildman–Crippen LogP) is 3.98. The van der Waals surface area contributed by atoms with Crippen molar-refractivity contribution < 1.29 is 4.79 Å². The van der Waals surface area contributed by atoms with E-state index >= 15 is 0 Å². The predicted molar refractivity (Wildman–Crippen MR) is 90.3 cm³/mol. The molecule has 0 radical (unpaired) electrons.